The number of rotatable bonds is 6. The summed E-state index contributed by atoms with van der Waals surface area (Å²) in [6.07, 6.45) is -0.426. The lowest BCUT2D eigenvalue weighted by atomic mass is 9.91. The summed E-state index contributed by atoms with van der Waals surface area (Å²) in [6, 6.07) is 0. The van der Waals surface area contributed by atoms with Gasteiger partial charge in [-0.1, -0.05) is 0 Å². The van der Waals surface area contributed by atoms with E-state index in [-0.39, 0.29) is 42.5 Å². The van der Waals surface area contributed by atoms with Gasteiger partial charge in [-0.2, -0.15) is 0 Å². The van der Waals surface area contributed by atoms with Crippen LogP contribution in [0.25, 0.3) is 0 Å². The summed E-state index contributed by atoms with van der Waals surface area (Å²) < 4.78 is 45.3. The first-order valence-corrected chi connectivity index (χ1v) is 8.09. The van der Waals surface area contributed by atoms with Crippen LogP contribution in [0.15, 0.2) is 0 Å². The van der Waals surface area contributed by atoms with Crippen LogP contribution in [0.4, 0.5) is 13.2 Å². The van der Waals surface area contributed by atoms with Crippen LogP contribution in [-0.2, 0) is 14.3 Å². The highest BCUT2D eigenvalue weighted by atomic mass is 19.4. The Morgan fingerprint density at radius 2 is 1.74 bits per heavy atom. The van der Waals surface area contributed by atoms with Crippen LogP contribution in [-0.4, -0.2) is 49.2 Å². The van der Waals surface area contributed by atoms with E-state index in [2.05, 4.69) is 15.4 Å². The predicted molar refractivity (Wildman–Crippen MR) is 75.7 cm³/mol. The second-order valence-electron chi connectivity index (χ2n) is 7.13. The molecule has 8 heteroatoms. The summed E-state index contributed by atoms with van der Waals surface area (Å²) >= 11 is 0. The fourth-order valence-electron chi connectivity index (χ4n) is 4.18. The number of hydrogen-bond donors (Lipinski definition) is 2. The quantitative estimate of drug-likeness (QED) is 0.777. The molecule has 0 heterocycles. The topological polar surface area (TPSA) is 59.6 Å². The van der Waals surface area contributed by atoms with Crippen molar-refractivity contribution in [2.24, 2.45) is 0 Å². The van der Waals surface area contributed by atoms with Gasteiger partial charge in [-0.05, 0) is 39.2 Å². The Labute approximate surface area is 133 Å². The van der Waals surface area contributed by atoms with Crippen molar-refractivity contribution in [2.45, 2.75) is 74.6 Å². The number of carbonyl (C=O) groups is 1. The molecule has 2 bridgehead atoms. The van der Waals surface area contributed by atoms with Crippen LogP contribution in [0.5, 0.6) is 0 Å². The number of carbonyl (C=O) groups excluding carboxylic acids is 1. The van der Waals surface area contributed by atoms with Crippen molar-refractivity contribution in [3.63, 3.8) is 0 Å². The van der Waals surface area contributed by atoms with Crippen LogP contribution in [0.1, 0.15) is 44.9 Å². The second kappa shape index (κ2) is 5.89. The molecule has 23 heavy (non-hydrogen) atoms. The molecule has 0 radical (unpaired) electrons. The monoisotopic (exact) mass is 336 g/mol. The Balaban J connectivity index is 1.36. The standard InChI is InChI=1S/C15H23F3N2O3/c1-19-13-2-4-14(9-13,5-3-13)20-12(21)8-22-10-6-11(7-10)23-15(16,17)18/h10-11,19H,2-9H2,1H3,(H,20,21). The molecule has 3 rings (SSSR count). The third-order valence-corrected chi connectivity index (χ3v) is 5.58. The summed E-state index contributed by atoms with van der Waals surface area (Å²) in [4.78, 5) is 12.1. The van der Waals surface area contributed by atoms with Crippen LogP contribution in [0, 0.1) is 0 Å². The van der Waals surface area contributed by atoms with Crippen LogP contribution in [0.2, 0.25) is 0 Å². The summed E-state index contributed by atoms with van der Waals surface area (Å²) in [6.45, 7) is -0.0995. The molecule has 1 amide bonds. The van der Waals surface area contributed by atoms with Gasteiger partial charge in [-0.15, -0.1) is 13.2 Å². The Hall–Kier alpha value is -0.860. The van der Waals surface area contributed by atoms with Gasteiger partial charge in [0.1, 0.15) is 6.61 Å². The molecule has 3 saturated carbocycles. The number of ether oxygens (including phenoxy) is 2. The van der Waals surface area contributed by atoms with Crippen molar-refractivity contribution in [2.75, 3.05) is 13.7 Å². The first-order chi connectivity index (χ1) is 10.7. The Bertz CT molecular complexity index is 455. The summed E-state index contributed by atoms with van der Waals surface area (Å²) in [5.41, 5.74) is 0.0231. The van der Waals surface area contributed by atoms with Crippen molar-refractivity contribution in [3.8, 4) is 0 Å². The van der Waals surface area contributed by atoms with E-state index >= 15 is 0 Å². The Morgan fingerprint density at radius 3 is 2.26 bits per heavy atom. The van der Waals surface area contributed by atoms with E-state index in [4.69, 9.17) is 4.74 Å². The third kappa shape index (κ3) is 3.80. The van der Waals surface area contributed by atoms with Gasteiger partial charge in [0, 0.05) is 23.9 Å². The third-order valence-electron chi connectivity index (χ3n) is 5.58. The number of hydrogen-bond acceptors (Lipinski definition) is 4. The van der Waals surface area contributed by atoms with E-state index in [0.29, 0.717) is 0 Å². The van der Waals surface area contributed by atoms with Crippen LogP contribution < -0.4 is 10.6 Å². The van der Waals surface area contributed by atoms with E-state index in [9.17, 15) is 18.0 Å². The lowest BCUT2D eigenvalue weighted by molar-refractivity contribution is -0.357. The number of alkyl halides is 3. The molecule has 3 aliphatic rings. The highest BCUT2D eigenvalue weighted by Crippen LogP contribution is 2.50. The van der Waals surface area contributed by atoms with Gasteiger partial charge in [-0.3, -0.25) is 9.53 Å². The molecule has 5 nitrogen and oxygen atoms in total. The summed E-state index contributed by atoms with van der Waals surface area (Å²) in [5.74, 6) is -0.181. The minimum atomic E-state index is -4.60. The molecule has 0 aromatic rings. The van der Waals surface area contributed by atoms with E-state index < -0.39 is 12.5 Å². The molecule has 3 aliphatic carbocycles. The molecule has 2 N–H and O–H groups in total. The molecule has 0 aromatic carbocycles. The summed E-state index contributed by atoms with van der Waals surface area (Å²) in [7, 11) is 1.96. The molecule has 0 unspecified atom stereocenters. The minimum Gasteiger partial charge on any atom is -0.368 e. The van der Waals surface area contributed by atoms with Gasteiger partial charge in [0.05, 0.1) is 12.2 Å². The average molecular weight is 336 g/mol. The number of halogens is 3. The zero-order valence-corrected chi connectivity index (χ0v) is 13.2. The van der Waals surface area contributed by atoms with E-state index in [1.165, 1.54) is 0 Å². The number of amides is 1. The fraction of sp³-hybridized carbons (Fsp3) is 0.933. The van der Waals surface area contributed by atoms with Crippen LogP contribution >= 0.6 is 0 Å². The molecule has 132 valence electrons. The van der Waals surface area contributed by atoms with Crippen molar-refractivity contribution in [3.05, 3.63) is 0 Å². The SMILES string of the molecule is CNC12CCC(NC(=O)COC3CC(OC(F)(F)F)C3)(CC1)C2. The zero-order chi connectivity index (χ0) is 16.7. The first-order valence-electron chi connectivity index (χ1n) is 8.09. The van der Waals surface area contributed by atoms with Gasteiger partial charge >= 0.3 is 6.36 Å². The molecule has 0 aliphatic heterocycles. The number of fused-ring (bicyclic) bond motifs is 2. The Morgan fingerprint density at radius 1 is 1.13 bits per heavy atom. The molecule has 0 atom stereocenters. The lowest BCUT2D eigenvalue weighted by Crippen LogP contribution is -2.48. The van der Waals surface area contributed by atoms with Gasteiger partial charge in [0.15, 0.2) is 0 Å². The van der Waals surface area contributed by atoms with Gasteiger partial charge in [0.2, 0.25) is 5.91 Å². The van der Waals surface area contributed by atoms with E-state index in [1.54, 1.807) is 0 Å². The fourth-order valence-corrected chi connectivity index (χ4v) is 4.18. The van der Waals surface area contributed by atoms with E-state index in [1.807, 2.05) is 7.05 Å². The maximum Gasteiger partial charge on any atom is 0.522 e. The van der Waals surface area contributed by atoms with Crippen molar-refractivity contribution >= 4 is 5.91 Å². The molecule has 0 aromatic heterocycles. The maximum atomic E-state index is 12.1. The lowest BCUT2D eigenvalue weighted by Gasteiger charge is -2.35. The van der Waals surface area contributed by atoms with Crippen molar-refractivity contribution in [1.82, 2.24) is 10.6 Å². The normalized spacial score (nSPS) is 39.3. The molecular formula is C15H23F3N2O3. The van der Waals surface area contributed by atoms with Crippen LogP contribution in [0.3, 0.4) is 0 Å². The maximum absolute atomic E-state index is 12.1. The second-order valence-corrected chi connectivity index (χ2v) is 7.13. The van der Waals surface area contributed by atoms with Gasteiger partial charge in [0.25, 0.3) is 0 Å². The highest BCUT2D eigenvalue weighted by Gasteiger charge is 2.54. The molecule has 3 fully saturated rings. The first kappa shape index (κ1) is 17.0. The van der Waals surface area contributed by atoms with E-state index in [0.717, 1.165) is 32.1 Å². The smallest absolute Gasteiger partial charge is 0.368 e. The van der Waals surface area contributed by atoms with Crippen molar-refractivity contribution < 1.29 is 27.4 Å². The molecular weight excluding hydrogens is 313 g/mol. The number of nitrogens with one attached hydrogen (secondary N) is 2. The highest BCUT2D eigenvalue weighted by molar-refractivity contribution is 5.78. The molecule has 0 spiro atoms. The summed E-state index contributed by atoms with van der Waals surface area (Å²) in [5, 5.41) is 6.45. The minimum absolute atomic E-state index is 0.0995. The Kier molecular flexibility index (Phi) is 4.35. The average Bonchev–Trinajstić information content (AvgIpc) is 2.96. The van der Waals surface area contributed by atoms with Crippen molar-refractivity contribution in [1.29, 1.82) is 0 Å². The zero-order valence-electron chi connectivity index (χ0n) is 13.2. The largest absolute Gasteiger partial charge is 0.522 e. The predicted octanol–water partition coefficient (Wildman–Crippen LogP) is 1.86. The van der Waals surface area contributed by atoms with Gasteiger partial charge in [-0.25, -0.2) is 0 Å². The van der Waals surface area contributed by atoms with Gasteiger partial charge < -0.3 is 15.4 Å². The molecule has 0 saturated heterocycles.